The number of fused-ring (bicyclic) bond motifs is 1. The van der Waals surface area contributed by atoms with Gasteiger partial charge in [0.25, 0.3) is 5.91 Å². The number of hydrogen-bond acceptors (Lipinski definition) is 4. The van der Waals surface area contributed by atoms with Crippen molar-refractivity contribution >= 4 is 16.7 Å². The van der Waals surface area contributed by atoms with Crippen molar-refractivity contribution in [2.45, 2.75) is 25.1 Å². The summed E-state index contributed by atoms with van der Waals surface area (Å²) in [5.74, 6) is 0.657. The number of ether oxygens (including phenoxy) is 2. The Morgan fingerprint density at radius 3 is 2.96 bits per heavy atom. The third-order valence-corrected chi connectivity index (χ3v) is 4.90. The fraction of sp³-hybridized carbons (Fsp3) is 0.412. The summed E-state index contributed by atoms with van der Waals surface area (Å²) in [5.41, 5.74) is -0.570. The van der Waals surface area contributed by atoms with Crippen molar-refractivity contribution in [2.24, 2.45) is 5.41 Å². The van der Waals surface area contributed by atoms with Gasteiger partial charge in [0.15, 0.2) is 6.17 Å². The van der Waals surface area contributed by atoms with Gasteiger partial charge < -0.3 is 14.8 Å². The molecule has 1 saturated carbocycles. The van der Waals surface area contributed by atoms with E-state index in [0.29, 0.717) is 11.6 Å². The van der Waals surface area contributed by atoms with E-state index < -0.39 is 17.5 Å². The van der Waals surface area contributed by atoms with Crippen LogP contribution in [-0.2, 0) is 4.79 Å². The quantitative estimate of drug-likeness (QED) is 0.940. The van der Waals surface area contributed by atoms with E-state index in [1.807, 2.05) is 24.3 Å². The standard InChI is InChI=1S/C17H17FN2O3/c1-22-11-3-2-10-4-7-19-16(12(10)8-11)23-9-13-17(5-6-17)14(18)15(21)20-13/h2-4,7-8,13-14H,5-6,9H2,1H3,(H,20,21)/t13-,14+/m1/s1. The van der Waals surface area contributed by atoms with Gasteiger partial charge in [-0.2, -0.15) is 0 Å². The fourth-order valence-electron chi connectivity index (χ4n) is 3.31. The average Bonchev–Trinajstić information content (AvgIpc) is 3.34. The predicted octanol–water partition coefficient (Wildman–Crippen LogP) is 2.24. The van der Waals surface area contributed by atoms with Crippen LogP contribution >= 0.6 is 0 Å². The van der Waals surface area contributed by atoms with Gasteiger partial charge in [0.1, 0.15) is 12.4 Å². The molecule has 2 fully saturated rings. The van der Waals surface area contributed by atoms with Gasteiger partial charge in [-0.15, -0.1) is 0 Å². The zero-order valence-electron chi connectivity index (χ0n) is 12.7. The number of amides is 1. The van der Waals surface area contributed by atoms with Crippen molar-refractivity contribution < 1.29 is 18.7 Å². The minimum atomic E-state index is -1.42. The van der Waals surface area contributed by atoms with Crippen molar-refractivity contribution in [1.82, 2.24) is 10.3 Å². The molecule has 2 atom stereocenters. The van der Waals surface area contributed by atoms with Gasteiger partial charge in [-0.1, -0.05) is 6.07 Å². The first kappa shape index (κ1) is 14.2. The number of benzene rings is 1. The van der Waals surface area contributed by atoms with E-state index in [1.54, 1.807) is 13.3 Å². The first-order valence-corrected chi connectivity index (χ1v) is 7.64. The maximum absolute atomic E-state index is 14.0. The number of aromatic nitrogens is 1. The normalized spacial score (nSPS) is 24.7. The molecule has 1 saturated heterocycles. The third-order valence-electron chi connectivity index (χ3n) is 4.90. The average molecular weight is 316 g/mol. The van der Waals surface area contributed by atoms with Crippen LogP contribution in [0.4, 0.5) is 4.39 Å². The molecule has 0 bridgehead atoms. The molecule has 23 heavy (non-hydrogen) atoms. The molecular formula is C17H17FN2O3. The van der Waals surface area contributed by atoms with Gasteiger partial charge in [-0.05, 0) is 36.4 Å². The van der Waals surface area contributed by atoms with Crippen LogP contribution in [0.1, 0.15) is 12.8 Å². The summed E-state index contributed by atoms with van der Waals surface area (Å²) in [6.07, 6.45) is 1.69. The number of carbonyl (C=O) groups excluding carboxylic acids is 1. The van der Waals surface area contributed by atoms with E-state index in [0.717, 1.165) is 23.6 Å². The fourth-order valence-corrected chi connectivity index (χ4v) is 3.31. The van der Waals surface area contributed by atoms with Gasteiger partial charge in [0.05, 0.1) is 13.2 Å². The van der Waals surface area contributed by atoms with E-state index in [1.165, 1.54) is 0 Å². The highest BCUT2D eigenvalue weighted by Gasteiger charge is 2.63. The maximum Gasteiger partial charge on any atom is 0.255 e. The number of methoxy groups -OCH3 is 1. The van der Waals surface area contributed by atoms with Crippen LogP contribution in [0.15, 0.2) is 30.5 Å². The topological polar surface area (TPSA) is 60.5 Å². The molecule has 1 N–H and O–H groups in total. The van der Waals surface area contributed by atoms with Crippen LogP contribution in [-0.4, -0.2) is 36.8 Å². The Hall–Kier alpha value is -2.37. The predicted molar refractivity (Wildman–Crippen MR) is 82.3 cm³/mol. The molecule has 1 aromatic heterocycles. The number of nitrogens with one attached hydrogen (secondary N) is 1. The van der Waals surface area contributed by atoms with Gasteiger partial charge >= 0.3 is 0 Å². The Bertz CT molecular complexity index is 776. The van der Waals surface area contributed by atoms with Gasteiger partial charge in [-0.3, -0.25) is 4.79 Å². The maximum atomic E-state index is 14.0. The van der Waals surface area contributed by atoms with Crippen molar-refractivity contribution in [2.75, 3.05) is 13.7 Å². The summed E-state index contributed by atoms with van der Waals surface area (Å²) in [7, 11) is 1.60. The van der Waals surface area contributed by atoms with Crippen molar-refractivity contribution in [3.8, 4) is 11.6 Å². The second-order valence-electron chi connectivity index (χ2n) is 6.17. The molecule has 4 rings (SSSR count). The number of halogens is 1. The van der Waals surface area contributed by atoms with Gasteiger partial charge in [0, 0.05) is 17.0 Å². The summed E-state index contributed by atoms with van der Waals surface area (Å²) in [6, 6.07) is 7.25. The molecule has 2 aliphatic rings. The highest BCUT2D eigenvalue weighted by atomic mass is 19.1. The van der Waals surface area contributed by atoms with E-state index in [2.05, 4.69) is 10.3 Å². The Morgan fingerprint density at radius 2 is 2.22 bits per heavy atom. The highest BCUT2D eigenvalue weighted by molar-refractivity contribution is 5.88. The lowest BCUT2D eigenvalue weighted by molar-refractivity contribution is -0.124. The van der Waals surface area contributed by atoms with E-state index in [4.69, 9.17) is 9.47 Å². The number of pyridine rings is 1. The summed E-state index contributed by atoms with van der Waals surface area (Å²) in [4.78, 5) is 15.8. The molecule has 1 aromatic carbocycles. The van der Waals surface area contributed by atoms with Crippen LogP contribution in [0.2, 0.25) is 0 Å². The van der Waals surface area contributed by atoms with Crippen molar-refractivity contribution in [1.29, 1.82) is 0 Å². The molecular weight excluding hydrogens is 299 g/mol. The van der Waals surface area contributed by atoms with Crippen LogP contribution in [0.5, 0.6) is 11.6 Å². The van der Waals surface area contributed by atoms with Crippen LogP contribution in [0, 0.1) is 5.41 Å². The number of alkyl halides is 1. The molecule has 0 radical (unpaired) electrons. The monoisotopic (exact) mass is 316 g/mol. The molecule has 1 spiro atoms. The van der Waals surface area contributed by atoms with E-state index in [-0.39, 0.29) is 12.6 Å². The van der Waals surface area contributed by atoms with Crippen LogP contribution in [0.3, 0.4) is 0 Å². The molecule has 120 valence electrons. The molecule has 1 aliphatic heterocycles. The summed E-state index contributed by atoms with van der Waals surface area (Å²) in [6.45, 7) is 0.218. The van der Waals surface area contributed by atoms with Gasteiger partial charge in [-0.25, -0.2) is 9.37 Å². The zero-order chi connectivity index (χ0) is 16.0. The SMILES string of the molecule is COc1ccc2ccnc(OC[C@H]3NC(=O)[C@H](F)C34CC4)c2c1. The number of nitrogens with zero attached hydrogens (tertiary/aromatic N) is 1. The lowest BCUT2D eigenvalue weighted by Crippen LogP contribution is -2.36. The summed E-state index contributed by atoms with van der Waals surface area (Å²) >= 11 is 0. The van der Waals surface area contributed by atoms with Crippen molar-refractivity contribution in [3.63, 3.8) is 0 Å². The molecule has 1 aliphatic carbocycles. The molecule has 1 amide bonds. The Kier molecular flexibility index (Phi) is 3.14. The number of rotatable bonds is 4. The Balaban J connectivity index is 1.58. The molecule has 5 nitrogen and oxygen atoms in total. The molecule has 0 unspecified atom stereocenters. The summed E-state index contributed by atoms with van der Waals surface area (Å²) < 4.78 is 25.0. The van der Waals surface area contributed by atoms with Crippen LogP contribution in [0.25, 0.3) is 10.8 Å². The molecule has 2 aromatic rings. The first-order valence-electron chi connectivity index (χ1n) is 7.64. The minimum absolute atomic E-state index is 0.218. The third kappa shape index (κ3) is 2.20. The Morgan fingerprint density at radius 1 is 1.39 bits per heavy atom. The zero-order valence-corrected chi connectivity index (χ0v) is 12.7. The highest BCUT2D eigenvalue weighted by Crippen LogP contribution is 2.55. The largest absolute Gasteiger partial charge is 0.497 e. The Labute approximate surface area is 132 Å². The molecule has 2 heterocycles. The smallest absolute Gasteiger partial charge is 0.255 e. The van der Waals surface area contributed by atoms with Crippen molar-refractivity contribution in [3.05, 3.63) is 30.5 Å². The van der Waals surface area contributed by atoms with Crippen LogP contribution < -0.4 is 14.8 Å². The first-order chi connectivity index (χ1) is 11.1. The lowest BCUT2D eigenvalue weighted by atomic mass is 9.96. The lowest BCUT2D eigenvalue weighted by Gasteiger charge is -2.19. The number of hydrogen-bond donors (Lipinski definition) is 1. The second-order valence-corrected chi connectivity index (χ2v) is 6.17. The minimum Gasteiger partial charge on any atom is -0.497 e. The summed E-state index contributed by atoms with van der Waals surface area (Å²) in [5, 5.41) is 4.52. The molecule has 6 heteroatoms. The van der Waals surface area contributed by atoms with E-state index in [9.17, 15) is 9.18 Å². The number of carbonyl (C=O) groups is 1. The second kappa shape index (κ2) is 5.08. The van der Waals surface area contributed by atoms with Gasteiger partial charge in [0.2, 0.25) is 5.88 Å². The van der Waals surface area contributed by atoms with E-state index >= 15 is 0 Å².